The zero-order chi connectivity index (χ0) is 51.4. The van der Waals surface area contributed by atoms with E-state index in [-0.39, 0.29) is 18.5 Å². The van der Waals surface area contributed by atoms with Crippen LogP contribution in [0, 0.1) is 0 Å². The summed E-state index contributed by atoms with van der Waals surface area (Å²) in [4.78, 5) is 24.6. The minimum absolute atomic E-state index is 0.0107. The van der Waals surface area contributed by atoms with Crippen LogP contribution in [0.5, 0.6) is 0 Å². The second kappa shape index (κ2) is 61.1. The molecule has 0 heterocycles. The molecule has 71 heavy (non-hydrogen) atoms. The van der Waals surface area contributed by atoms with Crippen LogP contribution in [-0.2, 0) is 14.3 Å². The molecule has 0 aromatic rings. The van der Waals surface area contributed by atoms with Crippen molar-refractivity contribution in [1.82, 2.24) is 5.32 Å². The van der Waals surface area contributed by atoms with Crippen molar-refractivity contribution in [3.63, 3.8) is 0 Å². The Balaban J connectivity index is 3.41. The molecule has 0 rings (SSSR count). The molecule has 0 aromatic carbocycles. The van der Waals surface area contributed by atoms with E-state index in [1.807, 2.05) is 0 Å². The van der Waals surface area contributed by atoms with E-state index < -0.39 is 12.1 Å². The highest BCUT2D eigenvalue weighted by Gasteiger charge is 2.20. The zero-order valence-electron chi connectivity index (χ0n) is 48.2. The summed E-state index contributed by atoms with van der Waals surface area (Å²) in [6, 6.07) is -0.548. The van der Waals surface area contributed by atoms with E-state index in [1.54, 1.807) is 0 Å². The fourth-order valence-electron chi connectivity index (χ4n) is 10.3. The number of esters is 1. The smallest absolute Gasteiger partial charge is 0.305 e. The molecule has 0 spiro atoms. The first-order chi connectivity index (χ1) is 35.0. The van der Waals surface area contributed by atoms with Gasteiger partial charge in [0.15, 0.2) is 0 Å². The fourth-order valence-corrected chi connectivity index (χ4v) is 10.3. The van der Waals surface area contributed by atoms with Crippen LogP contribution in [0.1, 0.15) is 367 Å². The van der Waals surface area contributed by atoms with Gasteiger partial charge < -0.3 is 20.3 Å². The third-order valence-electron chi connectivity index (χ3n) is 15.3. The number of amides is 1. The maximum Gasteiger partial charge on any atom is 0.305 e. The molecular weight excluding hydrogens is 875 g/mol. The van der Waals surface area contributed by atoms with Gasteiger partial charge in [0.1, 0.15) is 0 Å². The van der Waals surface area contributed by atoms with E-state index in [0.29, 0.717) is 25.9 Å². The van der Waals surface area contributed by atoms with Crippen molar-refractivity contribution >= 4 is 11.9 Å². The van der Waals surface area contributed by atoms with Crippen LogP contribution in [0.3, 0.4) is 0 Å². The molecule has 0 bridgehead atoms. The third-order valence-corrected chi connectivity index (χ3v) is 15.3. The average Bonchev–Trinajstić information content (AvgIpc) is 3.37. The Hall–Kier alpha value is -1.40. The highest BCUT2D eigenvalue weighted by Crippen LogP contribution is 2.18. The Morgan fingerprint density at radius 1 is 0.380 bits per heavy atom. The predicted octanol–water partition coefficient (Wildman–Crippen LogP) is 20.4. The van der Waals surface area contributed by atoms with Crippen molar-refractivity contribution in [2.24, 2.45) is 0 Å². The topological polar surface area (TPSA) is 95.9 Å². The quantitative estimate of drug-likeness (QED) is 0.0320. The van der Waals surface area contributed by atoms with Crippen molar-refractivity contribution in [3.8, 4) is 0 Å². The second-order valence-electron chi connectivity index (χ2n) is 22.5. The van der Waals surface area contributed by atoms with Gasteiger partial charge in [-0.3, -0.25) is 9.59 Å². The summed E-state index contributed by atoms with van der Waals surface area (Å²) in [6.45, 7) is 4.98. The Morgan fingerprint density at radius 3 is 1.00 bits per heavy atom. The standard InChI is InChI=1S/C65H127NO5/c1-3-5-7-9-11-13-15-17-19-21-26-29-33-37-41-45-49-53-57-63(68)62(61-67)66-64(69)58-54-50-46-42-38-34-30-27-24-22-23-25-28-32-36-40-44-48-52-56-60-71-65(70)59-55-51-47-43-39-35-31-20-18-16-14-12-10-8-6-4-2/h22,24,62-63,67-68H,3-21,23,25-61H2,1-2H3,(H,66,69)/b24-22-. The SMILES string of the molecule is CCCCCCCCCCCCCCCCCCCCC(O)C(CO)NC(=O)CCCCCCCCC/C=C\CCCCCCCCCCCOC(=O)CCCCCCCCCCCCCCCCCC. The predicted molar refractivity (Wildman–Crippen MR) is 310 cm³/mol. The summed E-state index contributed by atoms with van der Waals surface area (Å²) in [5, 5.41) is 23.3. The number of ether oxygens (including phenoxy) is 1. The van der Waals surface area contributed by atoms with Gasteiger partial charge in [-0.2, -0.15) is 0 Å². The van der Waals surface area contributed by atoms with Crippen LogP contribution < -0.4 is 5.32 Å². The van der Waals surface area contributed by atoms with Gasteiger partial charge in [-0.25, -0.2) is 0 Å². The molecule has 2 atom stereocenters. The van der Waals surface area contributed by atoms with Gasteiger partial charge in [-0.15, -0.1) is 0 Å². The molecule has 2 unspecified atom stereocenters. The second-order valence-corrected chi connectivity index (χ2v) is 22.5. The highest BCUT2D eigenvalue weighted by atomic mass is 16.5. The first-order valence-electron chi connectivity index (χ1n) is 32.4. The van der Waals surface area contributed by atoms with Gasteiger partial charge in [-0.05, 0) is 51.4 Å². The number of nitrogens with one attached hydrogen (secondary N) is 1. The molecule has 0 aromatic heterocycles. The fraction of sp³-hybridized carbons (Fsp3) is 0.938. The lowest BCUT2D eigenvalue weighted by atomic mass is 10.0. The average molecular weight is 1000 g/mol. The van der Waals surface area contributed by atoms with Gasteiger partial charge in [0, 0.05) is 12.8 Å². The number of hydrogen-bond donors (Lipinski definition) is 3. The van der Waals surface area contributed by atoms with Gasteiger partial charge >= 0.3 is 5.97 Å². The number of carbonyl (C=O) groups excluding carboxylic acids is 2. The summed E-state index contributed by atoms with van der Waals surface area (Å²) in [6.07, 6.45) is 73.7. The monoisotopic (exact) mass is 1000 g/mol. The van der Waals surface area contributed by atoms with Crippen molar-refractivity contribution in [2.75, 3.05) is 13.2 Å². The van der Waals surface area contributed by atoms with Crippen LogP contribution in [0.4, 0.5) is 0 Å². The number of hydrogen-bond acceptors (Lipinski definition) is 5. The summed E-state index contributed by atoms with van der Waals surface area (Å²) in [5.74, 6) is -0.0293. The molecule has 0 fully saturated rings. The normalized spacial score (nSPS) is 12.6. The summed E-state index contributed by atoms with van der Waals surface area (Å²) >= 11 is 0. The molecule has 0 radical (unpaired) electrons. The van der Waals surface area contributed by atoms with Crippen LogP contribution in [0.15, 0.2) is 12.2 Å². The first kappa shape index (κ1) is 69.6. The minimum Gasteiger partial charge on any atom is -0.466 e. The lowest BCUT2D eigenvalue weighted by Crippen LogP contribution is -2.45. The zero-order valence-corrected chi connectivity index (χ0v) is 48.2. The van der Waals surface area contributed by atoms with Crippen molar-refractivity contribution in [1.29, 1.82) is 0 Å². The Morgan fingerprint density at radius 2 is 0.662 bits per heavy atom. The van der Waals surface area contributed by atoms with Crippen molar-refractivity contribution in [3.05, 3.63) is 12.2 Å². The molecule has 0 aliphatic heterocycles. The molecular formula is C65H127NO5. The molecule has 6 nitrogen and oxygen atoms in total. The summed E-state index contributed by atoms with van der Waals surface area (Å²) < 4.78 is 5.49. The molecule has 3 N–H and O–H groups in total. The Bertz CT molecular complexity index is 1060. The summed E-state index contributed by atoms with van der Waals surface area (Å²) in [5.41, 5.74) is 0. The third kappa shape index (κ3) is 57.7. The van der Waals surface area contributed by atoms with E-state index in [0.717, 1.165) is 38.5 Å². The number of rotatable bonds is 61. The molecule has 6 heteroatoms. The molecule has 1 amide bonds. The Kier molecular flexibility index (Phi) is 59.9. The summed E-state index contributed by atoms with van der Waals surface area (Å²) in [7, 11) is 0. The van der Waals surface area contributed by atoms with Crippen LogP contribution in [-0.4, -0.2) is 47.4 Å². The van der Waals surface area contributed by atoms with Gasteiger partial charge in [-0.1, -0.05) is 315 Å². The van der Waals surface area contributed by atoms with E-state index in [9.17, 15) is 19.8 Å². The van der Waals surface area contributed by atoms with E-state index in [2.05, 4.69) is 31.3 Å². The van der Waals surface area contributed by atoms with Gasteiger partial charge in [0.05, 0.1) is 25.4 Å². The van der Waals surface area contributed by atoms with Crippen molar-refractivity contribution < 1.29 is 24.5 Å². The van der Waals surface area contributed by atoms with E-state index >= 15 is 0 Å². The lowest BCUT2D eigenvalue weighted by molar-refractivity contribution is -0.143. The van der Waals surface area contributed by atoms with E-state index in [1.165, 1.54) is 295 Å². The number of aliphatic hydroxyl groups is 2. The number of unbranched alkanes of at least 4 members (excludes halogenated alkanes) is 48. The lowest BCUT2D eigenvalue weighted by Gasteiger charge is -2.22. The van der Waals surface area contributed by atoms with Crippen molar-refractivity contribution in [2.45, 2.75) is 379 Å². The molecule has 0 saturated heterocycles. The molecule has 0 aliphatic rings. The maximum atomic E-state index is 12.5. The van der Waals surface area contributed by atoms with Crippen LogP contribution >= 0.6 is 0 Å². The van der Waals surface area contributed by atoms with Gasteiger partial charge in [0.2, 0.25) is 5.91 Å². The van der Waals surface area contributed by atoms with E-state index in [4.69, 9.17) is 4.74 Å². The van der Waals surface area contributed by atoms with Crippen LogP contribution in [0.2, 0.25) is 0 Å². The minimum atomic E-state index is -0.670. The molecule has 0 aliphatic carbocycles. The number of aliphatic hydroxyl groups excluding tert-OH is 2. The number of carbonyl (C=O) groups is 2. The van der Waals surface area contributed by atoms with Gasteiger partial charge in [0.25, 0.3) is 0 Å². The number of allylic oxidation sites excluding steroid dienone is 2. The Labute approximate surface area is 444 Å². The molecule has 422 valence electrons. The maximum absolute atomic E-state index is 12.5. The van der Waals surface area contributed by atoms with Crippen LogP contribution in [0.25, 0.3) is 0 Å². The molecule has 0 saturated carbocycles. The highest BCUT2D eigenvalue weighted by molar-refractivity contribution is 5.76. The first-order valence-corrected chi connectivity index (χ1v) is 32.4. The largest absolute Gasteiger partial charge is 0.466 e.